The number of hydrogen-bond acceptors (Lipinski definition) is 5. The molecule has 0 aliphatic heterocycles. The Morgan fingerprint density at radius 2 is 1.12 bits per heavy atom. The van der Waals surface area contributed by atoms with Gasteiger partial charge in [-0.25, -0.2) is 0 Å². The third kappa shape index (κ3) is 28.8. The van der Waals surface area contributed by atoms with Crippen LogP contribution in [0.2, 0.25) is 0 Å². The van der Waals surface area contributed by atoms with Crippen LogP contribution in [0.4, 0.5) is 0 Å². The fourth-order valence-electron chi connectivity index (χ4n) is 4.69. The zero-order chi connectivity index (χ0) is 32.0. The van der Waals surface area contributed by atoms with Crippen molar-refractivity contribution in [3.05, 3.63) is 48.6 Å². The van der Waals surface area contributed by atoms with Crippen molar-refractivity contribution in [2.45, 2.75) is 161 Å². The van der Waals surface area contributed by atoms with Gasteiger partial charge in [0.15, 0.2) is 0 Å². The van der Waals surface area contributed by atoms with Crippen molar-refractivity contribution in [1.82, 2.24) is 5.32 Å². The van der Waals surface area contributed by atoms with Gasteiger partial charge < -0.3 is 15.5 Å². The molecule has 1 amide bonds. The highest BCUT2D eigenvalue weighted by Gasteiger charge is 2.27. The Balaban J connectivity index is 4.27. The Morgan fingerprint density at radius 3 is 1.72 bits per heavy atom. The van der Waals surface area contributed by atoms with Gasteiger partial charge in [0.25, 0.3) is 10.1 Å². The van der Waals surface area contributed by atoms with Crippen molar-refractivity contribution in [3.8, 4) is 0 Å². The molecule has 0 aromatic heterocycles. The quantitative estimate of drug-likeness (QED) is 0.0288. The normalized spacial score (nSPS) is 14.8. The summed E-state index contributed by atoms with van der Waals surface area (Å²) in [4.78, 5) is 12.5. The lowest BCUT2D eigenvalue weighted by Crippen LogP contribution is -2.50. The first-order valence-corrected chi connectivity index (χ1v) is 18.6. The van der Waals surface area contributed by atoms with Gasteiger partial charge in [-0.15, -0.1) is 0 Å². The number of carbonyl (C=O) groups excluding carboxylic acids is 1. The maximum Gasteiger partial charge on any atom is 0.267 e. The van der Waals surface area contributed by atoms with Crippen LogP contribution in [0, 0.1) is 0 Å². The number of hydrogen-bond donors (Lipinski definition) is 4. The van der Waals surface area contributed by atoms with E-state index in [1.807, 2.05) is 0 Å². The number of unbranched alkanes of at least 4 members (excludes halogenated alkanes) is 15. The van der Waals surface area contributed by atoms with E-state index in [0.29, 0.717) is 12.8 Å². The van der Waals surface area contributed by atoms with Crippen LogP contribution < -0.4 is 5.32 Å². The average Bonchev–Trinajstić information content (AvgIpc) is 2.96. The predicted molar refractivity (Wildman–Crippen MR) is 181 cm³/mol. The highest BCUT2D eigenvalue weighted by Crippen LogP contribution is 2.11. The van der Waals surface area contributed by atoms with Gasteiger partial charge in [0, 0.05) is 0 Å². The van der Waals surface area contributed by atoms with Gasteiger partial charge in [-0.1, -0.05) is 133 Å². The number of carbonyl (C=O) groups is 1. The largest absolute Gasteiger partial charge is 0.387 e. The number of rotatable bonds is 29. The molecule has 8 heteroatoms. The SMILES string of the molecule is CCCCC/C=C\C=C/CCCCCCCC(O)C(=O)NC(CS(=O)(=O)O)C(O)/C=C/CC/C=C/CCCCCCCC. The van der Waals surface area contributed by atoms with Crippen LogP contribution in [0.3, 0.4) is 0 Å². The molecule has 250 valence electrons. The molecule has 0 radical (unpaired) electrons. The molecule has 0 aromatic rings. The second-order valence-corrected chi connectivity index (χ2v) is 13.1. The fraction of sp³-hybridized carbons (Fsp3) is 0.743. The van der Waals surface area contributed by atoms with Crippen LogP contribution >= 0.6 is 0 Å². The molecule has 0 aromatic carbocycles. The van der Waals surface area contributed by atoms with E-state index in [1.54, 1.807) is 6.08 Å². The summed E-state index contributed by atoms with van der Waals surface area (Å²) in [5.74, 6) is -1.58. The second-order valence-electron chi connectivity index (χ2n) is 11.6. The predicted octanol–water partition coefficient (Wildman–Crippen LogP) is 8.15. The van der Waals surface area contributed by atoms with Crippen LogP contribution in [0.5, 0.6) is 0 Å². The lowest BCUT2D eigenvalue weighted by molar-refractivity contribution is -0.130. The third-order valence-corrected chi connectivity index (χ3v) is 8.14. The second kappa shape index (κ2) is 29.0. The monoisotopic (exact) mass is 625 g/mol. The molecule has 0 aliphatic carbocycles. The average molecular weight is 626 g/mol. The molecule has 3 unspecified atom stereocenters. The van der Waals surface area contributed by atoms with Crippen molar-refractivity contribution in [2.75, 3.05) is 5.75 Å². The minimum Gasteiger partial charge on any atom is -0.387 e. The van der Waals surface area contributed by atoms with Crippen LogP contribution in [0.1, 0.15) is 142 Å². The highest BCUT2D eigenvalue weighted by atomic mass is 32.2. The van der Waals surface area contributed by atoms with E-state index in [0.717, 1.165) is 51.4 Å². The maximum atomic E-state index is 12.5. The Labute approximate surface area is 263 Å². The van der Waals surface area contributed by atoms with Crippen molar-refractivity contribution in [2.24, 2.45) is 0 Å². The summed E-state index contributed by atoms with van der Waals surface area (Å²) in [5.41, 5.74) is 0. The zero-order valence-electron chi connectivity index (χ0n) is 27.2. The summed E-state index contributed by atoms with van der Waals surface area (Å²) in [5, 5.41) is 23.2. The lowest BCUT2D eigenvalue weighted by atomic mass is 10.1. The van der Waals surface area contributed by atoms with Crippen LogP contribution in [-0.4, -0.2) is 53.1 Å². The van der Waals surface area contributed by atoms with Crippen molar-refractivity contribution < 1.29 is 28.0 Å². The maximum absolute atomic E-state index is 12.5. The topological polar surface area (TPSA) is 124 Å². The van der Waals surface area contributed by atoms with Crippen LogP contribution in [-0.2, 0) is 14.9 Å². The number of aliphatic hydroxyl groups is 2. The molecule has 0 saturated carbocycles. The fourth-order valence-corrected chi connectivity index (χ4v) is 5.43. The number of nitrogens with one attached hydrogen (secondary N) is 1. The first-order valence-electron chi connectivity index (χ1n) is 17.0. The van der Waals surface area contributed by atoms with E-state index in [1.165, 1.54) is 63.9 Å². The van der Waals surface area contributed by atoms with Gasteiger partial charge in [0.2, 0.25) is 5.91 Å². The molecular weight excluding hydrogens is 562 g/mol. The first kappa shape index (κ1) is 41.3. The van der Waals surface area contributed by atoms with Gasteiger partial charge in [-0.2, -0.15) is 8.42 Å². The minimum atomic E-state index is -4.45. The molecule has 3 atom stereocenters. The van der Waals surface area contributed by atoms with Gasteiger partial charge in [0.05, 0.1) is 17.9 Å². The molecule has 0 bridgehead atoms. The molecule has 0 aliphatic rings. The molecule has 0 fully saturated rings. The van der Waals surface area contributed by atoms with Crippen LogP contribution in [0.15, 0.2) is 48.6 Å². The van der Waals surface area contributed by atoms with Gasteiger partial charge in [-0.05, 0) is 57.8 Å². The summed E-state index contributed by atoms with van der Waals surface area (Å²) < 4.78 is 32.3. The molecule has 0 spiro atoms. The lowest BCUT2D eigenvalue weighted by Gasteiger charge is -2.22. The van der Waals surface area contributed by atoms with Crippen molar-refractivity contribution in [1.29, 1.82) is 0 Å². The molecule has 0 rings (SSSR count). The van der Waals surface area contributed by atoms with E-state index in [4.69, 9.17) is 0 Å². The van der Waals surface area contributed by atoms with Crippen LogP contribution in [0.25, 0.3) is 0 Å². The smallest absolute Gasteiger partial charge is 0.267 e. The standard InChI is InChI=1S/C35H63NO6S/c1-3-5-7-9-11-13-15-17-18-20-22-24-26-28-30-34(38)35(39)36-32(31-43(40,41)42)33(37)29-27-25-23-21-19-16-14-12-10-8-6-4-2/h11,13,15,17,19,21,27,29,32-34,37-38H,3-10,12,14,16,18,20,22-26,28,30-31H2,1-2H3,(H,36,39)(H,40,41,42)/b13-11-,17-15-,21-19+,29-27+. The van der Waals surface area contributed by atoms with E-state index in [9.17, 15) is 28.0 Å². The highest BCUT2D eigenvalue weighted by molar-refractivity contribution is 7.85. The molecular formula is C35H63NO6S. The Bertz CT molecular complexity index is 881. The van der Waals surface area contributed by atoms with E-state index in [-0.39, 0.29) is 6.42 Å². The number of amides is 1. The Hall–Kier alpha value is -1.74. The third-order valence-electron chi connectivity index (χ3n) is 7.36. The molecule has 7 nitrogen and oxygen atoms in total. The van der Waals surface area contributed by atoms with Gasteiger partial charge in [0.1, 0.15) is 6.10 Å². The van der Waals surface area contributed by atoms with Gasteiger partial charge in [-0.3, -0.25) is 9.35 Å². The number of aliphatic hydroxyl groups excluding tert-OH is 2. The zero-order valence-corrected chi connectivity index (χ0v) is 28.0. The summed E-state index contributed by atoms with van der Waals surface area (Å²) in [6.45, 7) is 4.42. The van der Waals surface area contributed by atoms with E-state index >= 15 is 0 Å². The first-order chi connectivity index (χ1) is 20.7. The molecule has 0 heterocycles. The molecule has 43 heavy (non-hydrogen) atoms. The van der Waals surface area contributed by atoms with Crippen molar-refractivity contribution in [3.63, 3.8) is 0 Å². The summed E-state index contributed by atoms with van der Waals surface area (Å²) in [6, 6.07) is -1.25. The summed E-state index contributed by atoms with van der Waals surface area (Å²) >= 11 is 0. The van der Waals surface area contributed by atoms with E-state index < -0.39 is 40.0 Å². The van der Waals surface area contributed by atoms with Crippen molar-refractivity contribution >= 4 is 16.0 Å². The summed E-state index contributed by atoms with van der Waals surface area (Å²) in [7, 11) is -4.45. The van der Waals surface area contributed by atoms with Gasteiger partial charge >= 0.3 is 0 Å². The Morgan fingerprint density at radius 1 is 0.651 bits per heavy atom. The molecule has 0 saturated heterocycles. The minimum absolute atomic E-state index is 0.254. The molecule has 4 N–H and O–H groups in total. The summed E-state index contributed by atoms with van der Waals surface area (Å²) in [6.07, 6.45) is 34.5. The number of allylic oxidation sites excluding steroid dienone is 7. The van der Waals surface area contributed by atoms with E-state index in [2.05, 4.69) is 55.6 Å². The Kier molecular flexibility index (Phi) is 27.8.